The van der Waals surface area contributed by atoms with Crippen molar-refractivity contribution < 1.29 is 4.79 Å². The number of rotatable bonds is 3. The van der Waals surface area contributed by atoms with Crippen molar-refractivity contribution in [3.05, 3.63) is 28.8 Å². The van der Waals surface area contributed by atoms with Crippen LogP contribution in [0.15, 0.2) is 18.2 Å². The average molecular weight is 291 g/mol. The summed E-state index contributed by atoms with van der Waals surface area (Å²) in [6.07, 6.45) is 0.755. The minimum Gasteiger partial charge on any atom is -0.325 e. The maximum absolute atomic E-state index is 11.6. The van der Waals surface area contributed by atoms with Crippen LogP contribution in [0.5, 0.6) is 0 Å². The number of alkyl halides is 1. The van der Waals surface area contributed by atoms with Crippen LogP contribution in [-0.2, 0) is 4.79 Å². The van der Waals surface area contributed by atoms with Crippen molar-refractivity contribution in [2.75, 3.05) is 5.32 Å². The number of hydrogen-bond acceptors (Lipinski definition) is 1. The van der Waals surface area contributed by atoms with E-state index < -0.39 is 0 Å². The van der Waals surface area contributed by atoms with Crippen molar-refractivity contribution in [1.29, 1.82) is 0 Å². The topological polar surface area (TPSA) is 29.1 Å². The Morgan fingerprint density at radius 3 is 2.87 bits per heavy atom. The van der Waals surface area contributed by atoms with Gasteiger partial charge < -0.3 is 5.32 Å². The van der Waals surface area contributed by atoms with Crippen LogP contribution in [0.25, 0.3) is 0 Å². The van der Waals surface area contributed by atoms with Gasteiger partial charge in [-0.2, -0.15) is 0 Å². The zero-order chi connectivity index (χ0) is 11.4. The smallest absolute Gasteiger partial charge is 0.238 e. The Bertz CT molecular complexity index is 368. The summed E-state index contributed by atoms with van der Waals surface area (Å²) in [4.78, 5) is 11.4. The molecule has 1 rings (SSSR count). The molecule has 0 radical (unpaired) electrons. The molecule has 0 fully saturated rings. The highest BCUT2D eigenvalue weighted by molar-refractivity contribution is 9.10. The molecule has 0 aliphatic heterocycles. The van der Waals surface area contributed by atoms with Crippen LogP contribution in [0.2, 0.25) is 5.02 Å². The Labute approximate surface area is 103 Å². The summed E-state index contributed by atoms with van der Waals surface area (Å²) < 4.78 is 0. The highest BCUT2D eigenvalue weighted by Gasteiger charge is 2.13. The fourth-order valence-corrected chi connectivity index (χ4v) is 1.43. The molecule has 1 aromatic rings. The van der Waals surface area contributed by atoms with Crippen molar-refractivity contribution in [1.82, 2.24) is 0 Å². The lowest BCUT2D eigenvalue weighted by molar-refractivity contribution is -0.115. The second kappa shape index (κ2) is 5.52. The van der Waals surface area contributed by atoms with Gasteiger partial charge in [-0.25, -0.2) is 0 Å². The summed E-state index contributed by atoms with van der Waals surface area (Å²) in [5, 5.41) is 3.49. The molecule has 1 amide bonds. The third-order valence-corrected chi connectivity index (χ3v) is 3.64. The van der Waals surface area contributed by atoms with Gasteiger partial charge in [0.25, 0.3) is 0 Å². The summed E-state index contributed by atoms with van der Waals surface area (Å²) >= 11 is 9.25. The van der Waals surface area contributed by atoms with Crippen LogP contribution in [0.1, 0.15) is 18.9 Å². The fraction of sp³-hybridized carbons (Fsp3) is 0.364. The number of amides is 1. The third-order valence-electron chi connectivity index (χ3n) is 2.17. The zero-order valence-corrected chi connectivity index (χ0v) is 11.0. The maximum atomic E-state index is 11.6. The Hall–Kier alpha value is -0.540. The first kappa shape index (κ1) is 12.5. The molecule has 0 aromatic heterocycles. The lowest BCUT2D eigenvalue weighted by Crippen LogP contribution is -2.22. The van der Waals surface area contributed by atoms with Gasteiger partial charge >= 0.3 is 0 Å². The highest BCUT2D eigenvalue weighted by atomic mass is 79.9. The van der Waals surface area contributed by atoms with Gasteiger partial charge in [-0.1, -0.05) is 40.5 Å². The summed E-state index contributed by atoms with van der Waals surface area (Å²) in [5.74, 6) is -0.0390. The fourth-order valence-electron chi connectivity index (χ4n) is 1.14. The summed E-state index contributed by atoms with van der Waals surface area (Å²) in [6, 6.07) is 5.46. The highest BCUT2D eigenvalue weighted by Crippen LogP contribution is 2.23. The monoisotopic (exact) mass is 289 g/mol. The van der Waals surface area contributed by atoms with E-state index in [2.05, 4.69) is 21.2 Å². The van der Waals surface area contributed by atoms with E-state index >= 15 is 0 Å². The molecular weight excluding hydrogens is 277 g/mol. The molecule has 15 heavy (non-hydrogen) atoms. The normalized spacial score (nSPS) is 12.3. The molecule has 1 N–H and O–H groups in total. The number of carbonyl (C=O) groups is 1. The molecule has 0 aliphatic carbocycles. The average Bonchev–Trinajstić information content (AvgIpc) is 2.23. The molecule has 0 saturated carbocycles. The molecule has 0 unspecified atom stereocenters. The number of anilines is 1. The van der Waals surface area contributed by atoms with E-state index in [1.165, 1.54) is 0 Å². The van der Waals surface area contributed by atoms with Crippen molar-refractivity contribution >= 4 is 39.1 Å². The molecule has 0 aliphatic rings. The van der Waals surface area contributed by atoms with E-state index in [4.69, 9.17) is 11.6 Å². The minimum atomic E-state index is -0.157. The molecule has 0 saturated heterocycles. The number of carbonyl (C=O) groups excluding carboxylic acids is 1. The van der Waals surface area contributed by atoms with E-state index in [9.17, 15) is 4.79 Å². The van der Waals surface area contributed by atoms with E-state index in [0.29, 0.717) is 5.02 Å². The molecule has 0 heterocycles. The Balaban J connectivity index is 2.81. The quantitative estimate of drug-likeness (QED) is 0.844. The van der Waals surface area contributed by atoms with Crippen LogP contribution in [0.4, 0.5) is 5.69 Å². The van der Waals surface area contributed by atoms with Crippen molar-refractivity contribution in [3.63, 3.8) is 0 Å². The second-order valence-electron chi connectivity index (χ2n) is 3.28. The molecule has 1 aromatic carbocycles. The lowest BCUT2D eigenvalue weighted by atomic mass is 10.2. The first-order valence-corrected chi connectivity index (χ1v) is 6.05. The zero-order valence-electron chi connectivity index (χ0n) is 8.68. The Kier molecular flexibility index (Phi) is 4.61. The third kappa shape index (κ3) is 3.21. The van der Waals surface area contributed by atoms with Crippen molar-refractivity contribution in [3.8, 4) is 0 Å². The van der Waals surface area contributed by atoms with Crippen LogP contribution >= 0.6 is 27.5 Å². The van der Waals surface area contributed by atoms with Crippen LogP contribution in [0.3, 0.4) is 0 Å². The number of halogens is 2. The van der Waals surface area contributed by atoms with Crippen LogP contribution in [0, 0.1) is 6.92 Å². The first-order chi connectivity index (χ1) is 7.06. The van der Waals surface area contributed by atoms with Gasteiger partial charge in [0.1, 0.15) is 0 Å². The predicted octanol–water partition coefficient (Wildman–Crippen LogP) is 3.76. The lowest BCUT2D eigenvalue weighted by Gasteiger charge is -2.11. The van der Waals surface area contributed by atoms with E-state index in [1.54, 1.807) is 6.07 Å². The van der Waals surface area contributed by atoms with Crippen LogP contribution in [-0.4, -0.2) is 10.7 Å². The van der Waals surface area contributed by atoms with Gasteiger partial charge in [0.05, 0.1) is 4.83 Å². The van der Waals surface area contributed by atoms with Gasteiger partial charge in [-0.3, -0.25) is 4.79 Å². The maximum Gasteiger partial charge on any atom is 0.238 e. The van der Waals surface area contributed by atoms with Gasteiger partial charge in [0.2, 0.25) is 5.91 Å². The first-order valence-electron chi connectivity index (χ1n) is 4.76. The molecule has 0 bridgehead atoms. The van der Waals surface area contributed by atoms with Crippen molar-refractivity contribution in [2.45, 2.75) is 25.1 Å². The molecular formula is C11H13BrClNO. The van der Waals surface area contributed by atoms with Crippen LogP contribution < -0.4 is 5.32 Å². The molecule has 82 valence electrons. The number of nitrogens with one attached hydrogen (secondary N) is 1. The molecule has 0 spiro atoms. The molecule has 4 heteroatoms. The summed E-state index contributed by atoms with van der Waals surface area (Å²) in [6.45, 7) is 3.83. The predicted molar refractivity (Wildman–Crippen MR) is 67.8 cm³/mol. The Morgan fingerprint density at radius 2 is 2.27 bits per heavy atom. The number of benzene rings is 1. The summed E-state index contributed by atoms with van der Waals surface area (Å²) in [7, 11) is 0. The SMILES string of the molecule is CC[C@H](Br)C(=O)Nc1cccc(Cl)c1C. The largest absolute Gasteiger partial charge is 0.325 e. The molecule has 2 nitrogen and oxygen atoms in total. The van der Waals surface area contributed by atoms with E-state index in [-0.39, 0.29) is 10.7 Å². The van der Waals surface area contributed by atoms with Gasteiger partial charge in [-0.15, -0.1) is 0 Å². The standard InChI is InChI=1S/C11H13BrClNO/c1-3-8(12)11(15)14-10-6-4-5-9(13)7(10)2/h4-6,8H,3H2,1-2H3,(H,14,15)/t8-/m0/s1. The molecule has 1 atom stereocenters. The van der Waals surface area contributed by atoms with Gasteiger partial charge in [-0.05, 0) is 31.0 Å². The minimum absolute atomic E-state index is 0.0390. The van der Waals surface area contributed by atoms with Gasteiger partial charge in [0.15, 0.2) is 0 Å². The number of hydrogen-bond donors (Lipinski definition) is 1. The second-order valence-corrected chi connectivity index (χ2v) is 4.79. The van der Waals surface area contributed by atoms with E-state index in [1.807, 2.05) is 26.0 Å². The van der Waals surface area contributed by atoms with E-state index in [0.717, 1.165) is 17.7 Å². The van der Waals surface area contributed by atoms with Crippen molar-refractivity contribution in [2.24, 2.45) is 0 Å². The summed E-state index contributed by atoms with van der Waals surface area (Å²) in [5.41, 5.74) is 1.66. The Morgan fingerprint density at radius 1 is 1.60 bits per heavy atom. The van der Waals surface area contributed by atoms with Gasteiger partial charge in [0, 0.05) is 10.7 Å².